The Morgan fingerprint density at radius 2 is 1.96 bits per heavy atom. The van der Waals surface area contributed by atoms with E-state index in [1.54, 1.807) is 18.2 Å². The van der Waals surface area contributed by atoms with Crippen LogP contribution in [-0.2, 0) is 20.8 Å². The highest BCUT2D eigenvalue weighted by atomic mass is 35.5. The number of hydrogen-bond acceptors (Lipinski definition) is 4. The van der Waals surface area contributed by atoms with Gasteiger partial charge in [-0.1, -0.05) is 29.3 Å². The topological polar surface area (TPSA) is 113 Å². The Balaban J connectivity index is 2.15. The van der Waals surface area contributed by atoms with Crippen molar-refractivity contribution in [2.45, 2.75) is 38.0 Å². The van der Waals surface area contributed by atoms with Crippen molar-refractivity contribution < 1.29 is 19.5 Å². The Morgan fingerprint density at radius 1 is 1.36 bits per heavy atom. The molecular weight excluding hydrogens is 369 g/mol. The maximum Gasteiger partial charge on any atom is 0.243 e. The van der Waals surface area contributed by atoms with Crippen molar-refractivity contribution in [3.05, 3.63) is 33.8 Å². The summed E-state index contributed by atoms with van der Waals surface area (Å²) < 4.78 is 0. The first-order valence-corrected chi connectivity index (χ1v) is 8.44. The Morgan fingerprint density at radius 3 is 2.48 bits per heavy atom. The minimum Gasteiger partial charge on any atom is -0.391 e. The Hall–Kier alpha value is -1.83. The second-order valence-corrected chi connectivity index (χ2v) is 6.76. The first-order valence-electron chi connectivity index (χ1n) is 7.68. The van der Waals surface area contributed by atoms with Crippen LogP contribution in [0.5, 0.6) is 0 Å². The van der Waals surface area contributed by atoms with Crippen LogP contribution in [0.3, 0.4) is 0 Å². The molecule has 1 aliphatic rings. The second kappa shape index (κ2) is 8.03. The molecule has 9 heteroatoms. The molecule has 0 radical (unpaired) electrons. The molecule has 7 nitrogen and oxygen atoms in total. The number of nitrogens with zero attached hydrogens (tertiary/aromatic N) is 1. The molecule has 0 unspecified atom stereocenters. The largest absolute Gasteiger partial charge is 0.391 e. The number of primary amides is 1. The normalized spacial score (nSPS) is 21.0. The van der Waals surface area contributed by atoms with Gasteiger partial charge in [-0.05, 0) is 17.7 Å². The van der Waals surface area contributed by atoms with Crippen molar-refractivity contribution in [2.24, 2.45) is 5.73 Å². The number of β-amino-alcohol motifs (C(OH)–C–C–N with tert-alkyl or cyclic N) is 1. The molecule has 4 N–H and O–H groups in total. The van der Waals surface area contributed by atoms with E-state index >= 15 is 0 Å². The number of halogens is 2. The summed E-state index contributed by atoms with van der Waals surface area (Å²) in [7, 11) is 0. The van der Waals surface area contributed by atoms with E-state index in [-0.39, 0.29) is 25.3 Å². The lowest BCUT2D eigenvalue weighted by Crippen LogP contribution is -2.52. The van der Waals surface area contributed by atoms with Crippen molar-refractivity contribution in [1.82, 2.24) is 10.2 Å². The second-order valence-electron chi connectivity index (χ2n) is 5.94. The van der Waals surface area contributed by atoms with Gasteiger partial charge in [-0.15, -0.1) is 0 Å². The van der Waals surface area contributed by atoms with Crippen molar-refractivity contribution in [1.29, 1.82) is 0 Å². The van der Waals surface area contributed by atoms with Gasteiger partial charge in [0, 0.05) is 36.4 Å². The van der Waals surface area contributed by atoms with E-state index in [9.17, 15) is 19.5 Å². The van der Waals surface area contributed by atoms with Crippen LogP contribution in [0, 0.1) is 0 Å². The number of benzene rings is 1. The summed E-state index contributed by atoms with van der Waals surface area (Å²) in [6.45, 7) is 1.39. The molecule has 0 bridgehead atoms. The smallest absolute Gasteiger partial charge is 0.243 e. The molecule has 1 aromatic rings. The molecule has 3 atom stereocenters. The van der Waals surface area contributed by atoms with Gasteiger partial charge < -0.3 is 21.1 Å². The first kappa shape index (κ1) is 19.5. The lowest BCUT2D eigenvalue weighted by Gasteiger charge is -2.24. The number of nitrogens with one attached hydrogen (secondary N) is 1. The van der Waals surface area contributed by atoms with E-state index in [0.29, 0.717) is 15.6 Å². The molecule has 1 fully saturated rings. The summed E-state index contributed by atoms with van der Waals surface area (Å²) in [6, 6.07) is 3.00. The summed E-state index contributed by atoms with van der Waals surface area (Å²) in [4.78, 5) is 37.1. The zero-order valence-electron chi connectivity index (χ0n) is 13.5. The summed E-state index contributed by atoms with van der Waals surface area (Å²) in [5, 5.41) is 13.0. The van der Waals surface area contributed by atoms with Gasteiger partial charge in [0.15, 0.2) is 0 Å². The van der Waals surface area contributed by atoms with E-state index in [4.69, 9.17) is 28.9 Å². The number of nitrogens with two attached hydrogens (primary N) is 1. The molecule has 0 saturated carbocycles. The van der Waals surface area contributed by atoms with Gasteiger partial charge in [-0.25, -0.2) is 0 Å². The molecular formula is C16H19Cl2N3O4. The van der Waals surface area contributed by atoms with E-state index in [1.165, 1.54) is 11.8 Å². The van der Waals surface area contributed by atoms with Crippen LogP contribution >= 0.6 is 23.2 Å². The van der Waals surface area contributed by atoms with Crippen LogP contribution in [0.4, 0.5) is 0 Å². The quantitative estimate of drug-likeness (QED) is 0.681. The summed E-state index contributed by atoms with van der Waals surface area (Å²) in [5.74, 6) is -1.64. The summed E-state index contributed by atoms with van der Waals surface area (Å²) in [5.41, 5.74) is 5.87. The highest BCUT2D eigenvalue weighted by Gasteiger charge is 2.38. The van der Waals surface area contributed by atoms with Crippen LogP contribution in [0.2, 0.25) is 10.0 Å². The molecule has 1 aromatic carbocycles. The average Bonchev–Trinajstić information content (AvgIpc) is 2.92. The summed E-state index contributed by atoms with van der Waals surface area (Å²) >= 11 is 12.2. The molecule has 0 spiro atoms. The van der Waals surface area contributed by atoms with Gasteiger partial charge in [-0.2, -0.15) is 0 Å². The first-order chi connectivity index (χ1) is 11.7. The molecule has 1 aliphatic heterocycles. The van der Waals surface area contributed by atoms with E-state index in [0.717, 1.165) is 0 Å². The third kappa shape index (κ3) is 4.62. The lowest BCUT2D eigenvalue weighted by molar-refractivity contribution is -0.138. The van der Waals surface area contributed by atoms with Gasteiger partial charge in [0.2, 0.25) is 17.7 Å². The number of rotatable bonds is 5. The number of carbonyl (C=O) groups excluding carboxylic acids is 3. The molecule has 136 valence electrons. The van der Waals surface area contributed by atoms with Gasteiger partial charge in [0.25, 0.3) is 0 Å². The molecule has 0 aliphatic carbocycles. The van der Waals surface area contributed by atoms with Gasteiger partial charge in [0.05, 0.1) is 6.10 Å². The minimum atomic E-state index is -1.04. The Bertz CT molecular complexity index is 678. The molecule has 3 amide bonds. The average molecular weight is 388 g/mol. The third-order valence-corrected chi connectivity index (χ3v) is 4.82. The predicted octanol–water partition coefficient (Wildman–Crippen LogP) is 0.488. The zero-order chi connectivity index (χ0) is 18.7. The highest BCUT2D eigenvalue weighted by Crippen LogP contribution is 2.26. The number of aliphatic hydroxyl groups is 1. The van der Waals surface area contributed by atoms with Crippen molar-refractivity contribution in [3.8, 4) is 0 Å². The zero-order valence-corrected chi connectivity index (χ0v) is 15.0. The minimum absolute atomic E-state index is 0.0227. The molecule has 1 saturated heterocycles. The van der Waals surface area contributed by atoms with Crippen molar-refractivity contribution in [2.75, 3.05) is 6.54 Å². The summed E-state index contributed by atoms with van der Waals surface area (Å²) in [6.07, 6.45) is -0.664. The van der Waals surface area contributed by atoms with Gasteiger partial charge in [-0.3, -0.25) is 14.4 Å². The number of aliphatic hydroxyl groups excluding tert-OH is 1. The molecule has 2 rings (SSSR count). The number of amides is 3. The van der Waals surface area contributed by atoms with Crippen LogP contribution in [-0.4, -0.2) is 52.5 Å². The van der Waals surface area contributed by atoms with Crippen LogP contribution in [0.1, 0.15) is 18.9 Å². The standard InChI is InChI=1S/C16H19Cl2N3O4/c1-8(22)21-7-9(23)5-14(21)16(25)20-13(15(19)24)6-10-11(17)3-2-4-12(10)18/h2-4,9,13-14,23H,5-7H2,1H3,(H2,19,24)(H,20,25)/t9-,13+,14+/m1/s1. The number of likely N-dealkylation sites (tertiary alicyclic amines) is 1. The molecule has 0 aromatic heterocycles. The van der Waals surface area contributed by atoms with E-state index in [2.05, 4.69) is 5.32 Å². The SMILES string of the molecule is CC(=O)N1C[C@H](O)C[C@H]1C(=O)N[C@@H](Cc1c(Cl)cccc1Cl)C(N)=O. The fourth-order valence-corrected chi connectivity index (χ4v) is 3.38. The maximum absolute atomic E-state index is 12.5. The van der Waals surface area contributed by atoms with Crippen molar-refractivity contribution in [3.63, 3.8) is 0 Å². The van der Waals surface area contributed by atoms with Crippen LogP contribution in [0.15, 0.2) is 18.2 Å². The third-order valence-electron chi connectivity index (χ3n) is 4.12. The molecule has 25 heavy (non-hydrogen) atoms. The number of carbonyl (C=O) groups is 3. The van der Waals surface area contributed by atoms with E-state index in [1.807, 2.05) is 0 Å². The van der Waals surface area contributed by atoms with Gasteiger partial charge in [0.1, 0.15) is 12.1 Å². The predicted molar refractivity (Wildman–Crippen MR) is 93.1 cm³/mol. The lowest BCUT2D eigenvalue weighted by atomic mass is 10.0. The van der Waals surface area contributed by atoms with Crippen molar-refractivity contribution >= 4 is 40.9 Å². The molecule has 1 heterocycles. The van der Waals surface area contributed by atoms with Crippen LogP contribution in [0.25, 0.3) is 0 Å². The monoisotopic (exact) mass is 387 g/mol. The highest BCUT2D eigenvalue weighted by molar-refractivity contribution is 6.36. The maximum atomic E-state index is 12.5. The number of hydrogen-bond donors (Lipinski definition) is 3. The van der Waals surface area contributed by atoms with Crippen LogP contribution < -0.4 is 11.1 Å². The Kier molecular flexibility index (Phi) is 6.26. The van der Waals surface area contributed by atoms with E-state index < -0.39 is 30.0 Å². The Labute approximate surface area is 155 Å². The van der Waals surface area contributed by atoms with Gasteiger partial charge >= 0.3 is 0 Å². The fraction of sp³-hybridized carbons (Fsp3) is 0.438. The fourth-order valence-electron chi connectivity index (χ4n) is 2.83.